The minimum absolute atomic E-state index is 0.177. The molecule has 0 bridgehead atoms. The number of ether oxygens (including phenoxy) is 1. The number of aromatic carboxylic acids is 1. The molecule has 18 heavy (non-hydrogen) atoms. The summed E-state index contributed by atoms with van der Waals surface area (Å²) in [6, 6.07) is 12.6. The molecule has 0 aliphatic rings. The van der Waals surface area contributed by atoms with Gasteiger partial charge in [0.25, 0.3) is 0 Å². The molecule has 3 nitrogen and oxygen atoms in total. The van der Waals surface area contributed by atoms with Crippen LogP contribution in [-0.2, 0) is 0 Å². The monoisotopic (exact) mass is 242 g/mol. The van der Waals surface area contributed by atoms with Gasteiger partial charge in [0.15, 0.2) is 0 Å². The van der Waals surface area contributed by atoms with Gasteiger partial charge in [0, 0.05) is 0 Å². The van der Waals surface area contributed by atoms with Crippen molar-refractivity contribution >= 4 is 5.97 Å². The highest BCUT2D eigenvalue weighted by atomic mass is 16.5. The second kappa shape index (κ2) is 4.92. The first-order chi connectivity index (χ1) is 8.58. The number of rotatable bonds is 3. The maximum absolute atomic E-state index is 11.2. The first-order valence-electron chi connectivity index (χ1n) is 5.65. The average molecular weight is 242 g/mol. The third kappa shape index (κ3) is 2.51. The topological polar surface area (TPSA) is 46.5 Å². The van der Waals surface area contributed by atoms with E-state index in [1.807, 2.05) is 44.2 Å². The molecule has 0 atom stereocenters. The van der Waals surface area contributed by atoms with Crippen molar-refractivity contribution in [3.8, 4) is 11.5 Å². The molecule has 0 radical (unpaired) electrons. The molecule has 0 saturated heterocycles. The lowest BCUT2D eigenvalue weighted by Gasteiger charge is -2.11. The molecule has 0 aliphatic carbocycles. The Balaban J connectivity index is 2.42. The first-order valence-corrected chi connectivity index (χ1v) is 5.65. The van der Waals surface area contributed by atoms with E-state index in [0.717, 1.165) is 11.1 Å². The van der Waals surface area contributed by atoms with Crippen LogP contribution >= 0.6 is 0 Å². The minimum Gasteiger partial charge on any atom is -0.478 e. The molecule has 0 aromatic heterocycles. The number of para-hydroxylation sites is 1. The van der Waals surface area contributed by atoms with E-state index in [-0.39, 0.29) is 5.56 Å². The van der Waals surface area contributed by atoms with Crippen molar-refractivity contribution in [1.29, 1.82) is 0 Å². The maximum Gasteiger partial charge on any atom is 0.339 e. The van der Waals surface area contributed by atoms with E-state index in [4.69, 9.17) is 9.84 Å². The van der Waals surface area contributed by atoms with Crippen LogP contribution in [0.2, 0.25) is 0 Å². The van der Waals surface area contributed by atoms with E-state index in [0.29, 0.717) is 11.5 Å². The fourth-order valence-corrected chi connectivity index (χ4v) is 1.75. The number of hydrogen-bond acceptors (Lipinski definition) is 2. The van der Waals surface area contributed by atoms with Crippen molar-refractivity contribution < 1.29 is 14.6 Å². The number of aryl methyl sites for hydroxylation is 2. The summed E-state index contributed by atoms with van der Waals surface area (Å²) >= 11 is 0. The van der Waals surface area contributed by atoms with Gasteiger partial charge in [-0.05, 0) is 43.2 Å². The van der Waals surface area contributed by atoms with Gasteiger partial charge in [-0.3, -0.25) is 0 Å². The van der Waals surface area contributed by atoms with E-state index >= 15 is 0 Å². The van der Waals surface area contributed by atoms with Crippen molar-refractivity contribution in [2.75, 3.05) is 0 Å². The number of carbonyl (C=O) groups is 1. The van der Waals surface area contributed by atoms with E-state index in [9.17, 15) is 4.79 Å². The van der Waals surface area contributed by atoms with Crippen molar-refractivity contribution in [3.63, 3.8) is 0 Å². The smallest absolute Gasteiger partial charge is 0.339 e. The molecule has 0 heterocycles. The summed E-state index contributed by atoms with van der Waals surface area (Å²) in [5, 5.41) is 9.14. The molecule has 2 aromatic rings. The van der Waals surface area contributed by atoms with Crippen LogP contribution in [0.4, 0.5) is 0 Å². The molecule has 1 N–H and O–H groups in total. The molecule has 2 rings (SSSR count). The van der Waals surface area contributed by atoms with Gasteiger partial charge in [-0.1, -0.05) is 24.3 Å². The highest BCUT2D eigenvalue weighted by molar-refractivity contribution is 5.91. The van der Waals surface area contributed by atoms with Crippen LogP contribution in [0.1, 0.15) is 21.5 Å². The normalized spacial score (nSPS) is 10.1. The van der Waals surface area contributed by atoms with E-state index in [2.05, 4.69) is 0 Å². The molecule has 0 unspecified atom stereocenters. The summed E-state index contributed by atoms with van der Waals surface area (Å²) in [7, 11) is 0. The Bertz CT molecular complexity index is 588. The Morgan fingerprint density at radius 2 is 1.83 bits per heavy atom. The summed E-state index contributed by atoms with van der Waals surface area (Å²) in [5.41, 5.74) is 2.05. The molecule has 0 fully saturated rings. The molecule has 2 aromatic carbocycles. The number of carboxylic acid groups (broad SMARTS) is 1. The van der Waals surface area contributed by atoms with Crippen LogP contribution in [0, 0.1) is 13.8 Å². The predicted octanol–water partition coefficient (Wildman–Crippen LogP) is 3.79. The number of hydrogen-bond donors (Lipinski definition) is 1. The van der Waals surface area contributed by atoms with Gasteiger partial charge in [-0.2, -0.15) is 0 Å². The van der Waals surface area contributed by atoms with Crippen molar-refractivity contribution in [1.82, 2.24) is 0 Å². The van der Waals surface area contributed by atoms with Crippen LogP contribution in [-0.4, -0.2) is 11.1 Å². The van der Waals surface area contributed by atoms with Crippen LogP contribution in [0.5, 0.6) is 11.5 Å². The maximum atomic E-state index is 11.2. The lowest BCUT2D eigenvalue weighted by Crippen LogP contribution is -2.01. The second-order valence-corrected chi connectivity index (χ2v) is 4.18. The molecule has 3 heteroatoms. The van der Waals surface area contributed by atoms with E-state index in [1.54, 1.807) is 12.1 Å². The Morgan fingerprint density at radius 1 is 1.11 bits per heavy atom. The quantitative estimate of drug-likeness (QED) is 0.890. The van der Waals surface area contributed by atoms with E-state index < -0.39 is 5.97 Å². The fraction of sp³-hybridized carbons (Fsp3) is 0.133. The number of carboxylic acids is 1. The first kappa shape index (κ1) is 12.2. The predicted molar refractivity (Wildman–Crippen MR) is 69.4 cm³/mol. The standard InChI is InChI=1S/C15H14O3/c1-10-5-3-7-12(9-10)18-14-11(2)6-4-8-13(14)15(16)17/h3-9H,1-2H3,(H,16,17). The van der Waals surface area contributed by atoms with Crippen molar-refractivity contribution in [2.45, 2.75) is 13.8 Å². The van der Waals surface area contributed by atoms with Crippen LogP contribution in [0.3, 0.4) is 0 Å². The van der Waals surface area contributed by atoms with Gasteiger partial charge in [-0.25, -0.2) is 4.79 Å². The lowest BCUT2D eigenvalue weighted by molar-refractivity contribution is 0.0694. The molecular weight excluding hydrogens is 228 g/mol. The molecule has 0 saturated carbocycles. The van der Waals surface area contributed by atoms with Crippen molar-refractivity contribution in [2.24, 2.45) is 0 Å². The van der Waals surface area contributed by atoms with Gasteiger partial charge in [0.2, 0.25) is 0 Å². The largest absolute Gasteiger partial charge is 0.478 e. The SMILES string of the molecule is Cc1cccc(Oc2c(C)cccc2C(=O)O)c1. The molecule has 0 aliphatic heterocycles. The molecule has 0 amide bonds. The van der Waals surface area contributed by atoms with Gasteiger partial charge < -0.3 is 9.84 Å². The molecule has 0 spiro atoms. The average Bonchev–Trinajstić information content (AvgIpc) is 2.31. The fourth-order valence-electron chi connectivity index (χ4n) is 1.75. The van der Waals surface area contributed by atoms with Gasteiger partial charge in [0.1, 0.15) is 17.1 Å². The summed E-state index contributed by atoms with van der Waals surface area (Å²) in [6.07, 6.45) is 0. The Morgan fingerprint density at radius 3 is 2.50 bits per heavy atom. The van der Waals surface area contributed by atoms with Crippen LogP contribution in [0.15, 0.2) is 42.5 Å². The van der Waals surface area contributed by atoms with Gasteiger partial charge >= 0.3 is 5.97 Å². The Labute approximate surface area is 106 Å². The Hall–Kier alpha value is -2.29. The zero-order valence-corrected chi connectivity index (χ0v) is 10.3. The lowest BCUT2D eigenvalue weighted by atomic mass is 10.1. The van der Waals surface area contributed by atoms with E-state index in [1.165, 1.54) is 0 Å². The van der Waals surface area contributed by atoms with Gasteiger partial charge in [0.05, 0.1) is 0 Å². The summed E-state index contributed by atoms with van der Waals surface area (Å²) in [6.45, 7) is 3.79. The van der Waals surface area contributed by atoms with Gasteiger partial charge in [-0.15, -0.1) is 0 Å². The zero-order chi connectivity index (χ0) is 13.1. The number of benzene rings is 2. The Kier molecular flexibility index (Phi) is 3.33. The summed E-state index contributed by atoms with van der Waals surface area (Å²) < 4.78 is 5.70. The van der Waals surface area contributed by atoms with Crippen LogP contribution < -0.4 is 4.74 Å². The highest BCUT2D eigenvalue weighted by Gasteiger charge is 2.14. The third-order valence-electron chi connectivity index (χ3n) is 2.65. The summed E-state index contributed by atoms with van der Waals surface area (Å²) in [5.74, 6) is 0.0590. The second-order valence-electron chi connectivity index (χ2n) is 4.18. The zero-order valence-electron chi connectivity index (χ0n) is 10.3. The minimum atomic E-state index is -0.985. The van der Waals surface area contributed by atoms with Crippen LogP contribution in [0.25, 0.3) is 0 Å². The molecule has 92 valence electrons. The van der Waals surface area contributed by atoms with Crippen molar-refractivity contribution in [3.05, 3.63) is 59.2 Å². The molecular formula is C15H14O3. The highest BCUT2D eigenvalue weighted by Crippen LogP contribution is 2.29. The third-order valence-corrected chi connectivity index (χ3v) is 2.65. The summed E-state index contributed by atoms with van der Waals surface area (Å²) in [4.78, 5) is 11.2.